The van der Waals surface area contributed by atoms with Crippen molar-refractivity contribution < 1.29 is 37.3 Å². The van der Waals surface area contributed by atoms with Crippen molar-refractivity contribution in [1.82, 2.24) is 5.32 Å². The highest BCUT2D eigenvalue weighted by atomic mass is 31.2. The number of allylic oxidation sites excluding steroid dienone is 17. The Kier molecular flexibility index (Phi) is 65.0. The molecule has 0 rings (SSSR count). The van der Waals surface area contributed by atoms with Gasteiger partial charge in [0.2, 0.25) is 5.91 Å². The van der Waals surface area contributed by atoms with E-state index >= 15 is 0 Å². The molecular formula is C79H141N2O7P. The van der Waals surface area contributed by atoms with Crippen LogP contribution in [0.3, 0.4) is 0 Å². The molecule has 0 aliphatic heterocycles. The van der Waals surface area contributed by atoms with Crippen molar-refractivity contribution in [3.63, 3.8) is 0 Å². The maximum atomic E-state index is 13.6. The zero-order valence-electron chi connectivity index (χ0n) is 58.9. The Balaban J connectivity index is 5.09. The first-order valence-electron chi connectivity index (χ1n) is 37.2. The molecule has 0 radical (unpaired) electrons. The summed E-state index contributed by atoms with van der Waals surface area (Å²) in [6.45, 7) is 6.72. The van der Waals surface area contributed by atoms with E-state index in [9.17, 15) is 19.0 Å². The van der Waals surface area contributed by atoms with Crippen LogP contribution in [-0.4, -0.2) is 69.4 Å². The van der Waals surface area contributed by atoms with E-state index in [1.54, 1.807) is 0 Å². The Bertz CT molecular complexity index is 1890. The zero-order valence-corrected chi connectivity index (χ0v) is 59.8. The molecule has 0 aromatic rings. The van der Waals surface area contributed by atoms with Gasteiger partial charge in [-0.05, 0) is 115 Å². The van der Waals surface area contributed by atoms with Crippen LogP contribution in [-0.2, 0) is 27.9 Å². The van der Waals surface area contributed by atoms with Crippen molar-refractivity contribution in [1.29, 1.82) is 0 Å². The molecule has 89 heavy (non-hydrogen) atoms. The lowest BCUT2D eigenvalue weighted by Crippen LogP contribution is -2.47. The Morgan fingerprint density at radius 3 is 1.10 bits per heavy atom. The zero-order chi connectivity index (χ0) is 64.9. The molecule has 0 aromatic carbocycles. The van der Waals surface area contributed by atoms with E-state index in [1.807, 2.05) is 33.3 Å². The number of nitrogens with one attached hydrogen (secondary N) is 1. The van der Waals surface area contributed by atoms with Gasteiger partial charge in [-0.15, -0.1) is 0 Å². The smallest absolute Gasteiger partial charge is 0.306 e. The van der Waals surface area contributed by atoms with E-state index in [2.05, 4.69) is 123 Å². The number of unbranched alkanes of at least 4 members (excludes halogenated alkanes) is 35. The number of esters is 1. The van der Waals surface area contributed by atoms with Crippen LogP contribution in [0.2, 0.25) is 0 Å². The number of hydrogen-bond acceptors (Lipinski definition) is 7. The van der Waals surface area contributed by atoms with Crippen molar-refractivity contribution in [3.8, 4) is 0 Å². The van der Waals surface area contributed by atoms with Crippen molar-refractivity contribution in [2.45, 2.75) is 341 Å². The van der Waals surface area contributed by atoms with Crippen LogP contribution in [0.4, 0.5) is 0 Å². The van der Waals surface area contributed by atoms with Gasteiger partial charge in [0.05, 0.1) is 33.8 Å². The van der Waals surface area contributed by atoms with E-state index in [-0.39, 0.29) is 24.9 Å². The first-order chi connectivity index (χ1) is 43.4. The third-order valence-electron chi connectivity index (χ3n) is 16.2. The molecule has 0 aromatic heterocycles. The fourth-order valence-electron chi connectivity index (χ4n) is 10.5. The van der Waals surface area contributed by atoms with Gasteiger partial charge in [0, 0.05) is 12.8 Å². The Hall–Kier alpha value is -3.33. The fraction of sp³-hybridized carbons (Fsp3) is 0.747. The minimum atomic E-state index is -4.72. The predicted molar refractivity (Wildman–Crippen MR) is 385 cm³/mol. The van der Waals surface area contributed by atoms with E-state index in [1.165, 1.54) is 167 Å². The number of amides is 1. The standard InChI is InChI=1S/C79H141N2O7P/c1-7-10-13-16-19-22-25-28-30-32-34-36-38-40-42-44-46-48-50-53-56-59-62-65-68-71-78(82)80-76(75-87-89(84,85)86-74-73-81(4,5)6)77(70-67-64-61-58-55-52-27-24-21-18-15-12-9-3)88-79(83)72-69-66-63-60-57-54-51-49-47-45-43-41-39-37-35-33-31-29-26-23-20-17-14-11-8-2/h10,13,19-20,22-23,28-31,34,36,40,42,46,48,67,70,76-77H,7-9,11-12,14-18,21,24-27,32-33,35,37-39,41,43-45,47,49-66,68-69,71-75H2,1-6H3,(H-,80,82,84,85)/b13-10-,22-19-,23-20-,30-28-,31-29-,36-34-,42-40-,48-46-,70-67+. The monoisotopic (exact) mass is 1260 g/mol. The van der Waals surface area contributed by atoms with Crippen LogP contribution in [0.5, 0.6) is 0 Å². The van der Waals surface area contributed by atoms with Crippen molar-refractivity contribution >= 4 is 19.7 Å². The molecule has 10 heteroatoms. The normalized spacial score (nSPS) is 14.1. The second-order valence-corrected chi connectivity index (χ2v) is 27.5. The Labute approximate surface area is 551 Å². The van der Waals surface area contributed by atoms with Crippen LogP contribution < -0.4 is 10.2 Å². The highest BCUT2D eigenvalue weighted by molar-refractivity contribution is 7.45. The highest BCUT2D eigenvalue weighted by Crippen LogP contribution is 2.38. The molecule has 0 saturated carbocycles. The summed E-state index contributed by atoms with van der Waals surface area (Å²) in [7, 11) is 1.17. The van der Waals surface area contributed by atoms with Crippen LogP contribution in [0.1, 0.15) is 329 Å². The van der Waals surface area contributed by atoms with Gasteiger partial charge in [0.25, 0.3) is 7.82 Å². The lowest BCUT2D eigenvalue weighted by Gasteiger charge is -2.30. The van der Waals surface area contributed by atoms with Crippen LogP contribution in [0.15, 0.2) is 109 Å². The molecule has 0 spiro atoms. The first-order valence-corrected chi connectivity index (χ1v) is 38.7. The van der Waals surface area contributed by atoms with Gasteiger partial charge < -0.3 is 28.5 Å². The van der Waals surface area contributed by atoms with Crippen molar-refractivity contribution in [3.05, 3.63) is 109 Å². The van der Waals surface area contributed by atoms with E-state index in [4.69, 9.17) is 13.8 Å². The number of phosphoric ester groups is 1. The van der Waals surface area contributed by atoms with Crippen molar-refractivity contribution in [2.75, 3.05) is 40.9 Å². The molecule has 0 aliphatic carbocycles. The Morgan fingerprint density at radius 1 is 0.404 bits per heavy atom. The molecule has 0 saturated heterocycles. The summed E-state index contributed by atoms with van der Waals surface area (Å²) < 4.78 is 30.5. The van der Waals surface area contributed by atoms with Gasteiger partial charge in [0.1, 0.15) is 19.3 Å². The average Bonchev–Trinajstić information content (AvgIpc) is 3.67. The van der Waals surface area contributed by atoms with Gasteiger partial charge in [-0.2, -0.15) is 0 Å². The summed E-state index contributed by atoms with van der Waals surface area (Å²) in [4.78, 5) is 40.3. The fourth-order valence-corrected chi connectivity index (χ4v) is 11.2. The highest BCUT2D eigenvalue weighted by Gasteiger charge is 2.27. The summed E-state index contributed by atoms with van der Waals surface area (Å²) >= 11 is 0. The molecule has 514 valence electrons. The number of nitrogens with zero attached hydrogens (tertiary/aromatic N) is 1. The van der Waals surface area contributed by atoms with Crippen molar-refractivity contribution in [2.24, 2.45) is 0 Å². The molecule has 0 fully saturated rings. The van der Waals surface area contributed by atoms with Gasteiger partial charge in [-0.3, -0.25) is 14.2 Å². The van der Waals surface area contributed by atoms with Crippen LogP contribution in [0, 0.1) is 0 Å². The summed E-state index contributed by atoms with van der Waals surface area (Å²) in [5.74, 6) is -0.553. The SMILES string of the molecule is CC/C=C\C/C=C\C/C=C\C/C=C\C/C=C\C/C=C\CCCCCCCCC(=O)NC(COP(=O)([O-])OCC[N+](C)(C)C)C(/C=C/CCCCCCCCCCCCC)OC(=O)CCCCCCCCCCCCCCCCC/C=C\C/C=C\CCCCC. The minimum Gasteiger partial charge on any atom is -0.756 e. The summed E-state index contributed by atoms with van der Waals surface area (Å²) in [5, 5.41) is 3.04. The summed E-state index contributed by atoms with van der Waals surface area (Å²) in [6.07, 6.45) is 93.5. The molecule has 0 bridgehead atoms. The topological polar surface area (TPSA) is 114 Å². The summed E-state index contributed by atoms with van der Waals surface area (Å²) in [5.41, 5.74) is 0. The number of carbonyl (C=O) groups excluding carboxylic acids is 2. The second-order valence-electron chi connectivity index (χ2n) is 26.1. The molecule has 9 nitrogen and oxygen atoms in total. The van der Waals surface area contributed by atoms with Gasteiger partial charge in [-0.25, -0.2) is 0 Å². The number of quaternary nitrogens is 1. The molecule has 3 unspecified atom stereocenters. The van der Waals surface area contributed by atoms with Gasteiger partial charge >= 0.3 is 5.97 Å². The molecule has 3 atom stereocenters. The van der Waals surface area contributed by atoms with E-state index in [0.717, 1.165) is 128 Å². The largest absolute Gasteiger partial charge is 0.756 e. The Morgan fingerprint density at radius 2 is 0.719 bits per heavy atom. The summed E-state index contributed by atoms with van der Waals surface area (Å²) in [6, 6.07) is -0.904. The average molecular weight is 1260 g/mol. The minimum absolute atomic E-state index is 0.0295. The third kappa shape index (κ3) is 68.9. The maximum absolute atomic E-state index is 13.6. The number of likely N-dealkylation sites (N-methyl/N-ethyl adjacent to an activating group) is 1. The van der Waals surface area contributed by atoms with E-state index in [0.29, 0.717) is 17.4 Å². The molecule has 1 amide bonds. The third-order valence-corrected chi connectivity index (χ3v) is 17.2. The molecule has 0 heterocycles. The number of hydrogen-bond donors (Lipinski definition) is 1. The van der Waals surface area contributed by atoms with Crippen LogP contribution in [0.25, 0.3) is 0 Å². The predicted octanol–water partition coefficient (Wildman–Crippen LogP) is 23.4. The molecular weight excluding hydrogens is 1120 g/mol. The number of carbonyl (C=O) groups is 2. The van der Waals surface area contributed by atoms with E-state index < -0.39 is 26.6 Å². The lowest BCUT2D eigenvalue weighted by atomic mass is 10.0. The number of phosphoric acid groups is 1. The maximum Gasteiger partial charge on any atom is 0.306 e. The first kappa shape index (κ1) is 85.7. The lowest BCUT2D eigenvalue weighted by molar-refractivity contribution is -0.870. The van der Waals surface area contributed by atoms with Crippen LogP contribution >= 0.6 is 7.82 Å². The molecule has 1 N–H and O–H groups in total. The number of rotatable bonds is 67. The molecule has 0 aliphatic rings. The van der Waals surface area contributed by atoms with Gasteiger partial charge in [0.15, 0.2) is 0 Å². The van der Waals surface area contributed by atoms with Gasteiger partial charge in [-0.1, -0.05) is 310 Å². The number of ether oxygens (including phenoxy) is 1. The second kappa shape index (κ2) is 67.6. The quantitative estimate of drug-likeness (QED) is 0.0212.